The molecular weight excluding hydrogens is 206 g/mol. The van der Waals surface area contributed by atoms with Crippen molar-refractivity contribution in [3.8, 4) is 6.07 Å². The third-order valence-corrected chi connectivity index (χ3v) is 1.94. The first kappa shape index (κ1) is 11.9. The zero-order chi connectivity index (χ0) is 12.1. The molecule has 0 aromatic carbocycles. The average molecular weight is 219 g/mol. The van der Waals surface area contributed by atoms with E-state index in [2.05, 4.69) is 15.3 Å². The number of nitrogens with zero attached hydrogens (tertiary/aromatic N) is 4. The minimum Gasteiger partial charge on any atom is -0.357 e. The van der Waals surface area contributed by atoms with Gasteiger partial charge in [-0.2, -0.15) is 5.26 Å². The third-order valence-electron chi connectivity index (χ3n) is 1.94. The summed E-state index contributed by atoms with van der Waals surface area (Å²) < 4.78 is 0. The molecule has 0 unspecified atom stereocenters. The lowest BCUT2D eigenvalue weighted by Crippen LogP contribution is -2.36. The van der Waals surface area contributed by atoms with Crippen LogP contribution in [0, 0.1) is 11.3 Å². The highest BCUT2D eigenvalue weighted by molar-refractivity contribution is 5.83. The molecule has 1 amide bonds. The fourth-order valence-corrected chi connectivity index (χ4v) is 1.13. The van der Waals surface area contributed by atoms with Crippen LogP contribution in [-0.2, 0) is 4.79 Å². The van der Waals surface area contributed by atoms with E-state index in [1.54, 1.807) is 21.0 Å². The molecule has 0 aliphatic carbocycles. The Hall–Kier alpha value is -2.16. The van der Waals surface area contributed by atoms with Crippen molar-refractivity contribution in [2.24, 2.45) is 0 Å². The van der Waals surface area contributed by atoms with Crippen molar-refractivity contribution in [3.05, 3.63) is 18.1 Å². The van der Waals surface area contributed by atoms with Crippen molar-refractivity contribution in [2.75, 3.05) is 19.4 Å². The van der Waals surface area contributed by atoms with E-state index in [0.29, 0.717) is 5.82 Å². The van der Waals surface area contributed by atoms with Gasteiger partial charge in [0.25, 0.3) is 0 Å². The van der Waals surface area contributed by atoms with E-state index in [9.17, 15) is 4.79 Å². The summed E-state index contributed by atoms with van der Waals surface area (Å²) in [6.45, 7) is 1.74. The van der Waals surface area contributed by atoms with Gasteiger partial charge in [-0.15, -0.1) is 0 Å². The molecule has 1 atom stereocenters. The van der Waals surface area contributed by atoms with E-state index < -0.39 is 0 Å². The number of hydrogen-bond donors (Lipinski definition) is 1. The molecule has 6 nitrogen and oxygen atoms in total. The molecule has 1 N–H and O–H groups in total. The van der Waals surface area contributed by atoms with Gasteiger partial charge >= 0.3 is 0 Å². The number of nitrogens with one attached hydrogen (secondary N) is 1. The summed E-state index contributed by atoms with van der Waals surface area (Å²) in [5, 5.41) is 11.4. The van der Waals surface area contributed by atoms with Gasteiger partial charge in [0.15, 0.2) is 5.69 Å². The molecule has 1 heterocycles. The number of likely N-dealkylation sites (N-methyl/N-ethyl adjacent to an activating group) is 1. The van der Waals surface area contributed by atoms with Crippen LogP contribution in [0.3, 0.4) is 0 Å². The number of carbonyl (C=O) groups is 1. The molecule has 1 aromatic heterocycles. The first-order valence-electron chi connectivity index (χ1n) is 4.74. The minimum atomic E-state index is -0.378. The van der Waals surface area contributed by atoms with Crippen LogP contribution in [0.15, 0.2) is 12.4 Å². The maximum atomic E-state index is 11.5. The summed E-state index contributed by atoms with van der Waals surface area (Å²) in [4.78, 5) is 20.8. The Balaban J connectivity index is 2.67. The maximum Gasteiger partial charge on any atom is 0.244 e. The summed E-state index contributed by atoms with van der Waals surface area (Å²) >= 11 is 0. The number of carbonyl (C=O) groups excluding carboxylic acids is 1. The fraction of sp³-hybridized carbons (Fsp3) is 0.400. The van der Waals surface area contributed by atoms with Gasteiger partial charge in [-0.1, -0.05) is 0 Å². The molecular formula is C10H13N5O. The Morgan fingerprint density at radius 1 is 1.50 bits per heavy atom. The standard InChI is InChI=1S/C10H13N5O/c1-7(10(16)15(2)3)14-9-6-12-8(4-11)5-13-9/h5-7H,1-3H3,(H,13,14)/t7-/m0/s1. The lowest BCUT2D eigenvalue weighted by Gasteiger charge is -2.18. The molecule has 84 valence electrons. The second kappa shape index (κ2) is 5.07. The van der Waals surface area contributed by atoms with E-state index in [-0.39, 0.29) is 17.6 Å². The van der Waals surface area contributed by atoms with Crippen molar-refractivity contribution < 1.29 is 4.79 Å². The number of aromatic nitrogens is 2. The average Bonchev–Trinajstić information content (AvgIpc) is 2.28. The largest absolute Gasteiger partial charge is 0.357 e. The van der Waals surface area contributed by atoms with Crippen molar-refractivity contribution in [1.29, 1.82) is 5.26 Å². The minimum absolute atomic E-state index is 0.0499. The Morgan fingerprint density at radius 3 is 2.62 bits per heavy atom. The van der Waals surface area contributed by atoms with Crippen molar-refractivity contribution in [3.63, 3.8) is 0 Å². The Kier molecular flexibility index (Phi) is 3.78. The molecule has 0 aliphatic rings. The van der Waals surface area contributed by atoms with E-state index in [0.717, 1.165) is 0 Å². The van der Waals surface area contributed by atoms with E-state index >= 15 is 0 Å². The number of rotatable bonds is 3. The SMILES string of the molecule is C[C@H](Nc1cnc(C#N)cn1)C(=O)N(C)C. The highest BCUT2D eigenvalue weighted by atomic mass is 16.2. The molecule has 0 radical (unpaired) electrons. The van der Waals surface area contributed by atoms with Crippen LogP contribution in [0.2, 0.25) is 0 Å². The Morgan fingerprint density at radius 2 is 2.19 bits per heavy atom. The maximum absolute atomic E-state index is 11.5. The van der Waals surface area contributed by atoms with Crippen molar-refractivity contribution >= 4 is 11.7 Å². The molecule has 0 spiro atoms. The van der Waals surface area contributed by atoms with E-state index in [4.69, 9.17) is 5.26 Å². The molecule has 16 heavy (non-hydrogen) atoms. The Labute approximate surface area is 93.9 Å². The summed E-state index contributed by atoms with van der Waals surface area (Å²) in [6, 6.07) is 1.49. The summed E-state index contributed by atoms with van der Waals surface area (Å²) in [7, 11) is 3.37. The normalized spacial score (nSPS) is 11.4. The lowest BCUT2D eigenvalue weighted by molar-refractivity contribution is -0.129. The molecule has 6 heteroatoms. The second-order valence-electron chi connectivity index (χ2n) is 3.50. The van der Waals surface area contributed by atoms with Crippen LogP contribution in [0.4, 0.5) is 5.82 Å². The van der Waals surface area contributed by atoms with E-state index in [1.165, 1.54) is 17.3 Å². The number of nitriles is 1. The monoisotopic (exact) mass is 219 g/mol. The summed E-state index contributed by atoms with van der Waals surface area (Å²) in [5.41, 5.74) is 0.247. The quantitative estimate of drug-likeness (QED) is 0.787. The predicted octanol–water partition coefficient (Wildman–Crippen LogP) is 0.237. The van der Waals surface area contributed by atoms with Gasteiger partial charge in [-0.3, -0.25) is 4.79 Å². The summed E-state index contributed by atoms with van der Waals surface area (Å²) in [6.07, 6.45) is 2.78. The summed E-state index contributed by atoms with van der Waals surface area (Å²) in [5.74, 6) is 0.424. The first-order valence-corrected chi connectivity index (χ1v) is 4.74. The van der Waals surface area contributed by atoms with Crippen LogP contribution in [0.1, 0.15) is 12.6 Å². The van der Waals surface area contributed by atoms with Crippen LogP contribution < -0.4 is 5.32 Å². The number of amides is 1. The zero-order valence-corrected chi connectivity index (χ0v) is 9.43. The van der Waals surface area contributed by atoms with Gasteiger partial charge in [0.2, 0.25) is 5.91 Å². The molecule has 1 rings (SSSR count). The zero-order valence-electron chi connectivity index (χ0n) is 9.43. The molecule has 0 saturated carbocycles. The van der Waals surface area contributed by atoms with Crippen molar-refractivity contribution in [1.82, 2.24) is 14.9 Å². The van der Waals surface area contributed by atoms with E-state index in [1.807, 2.05) is 6.07 Å². The van der Waals surface area contributed by atoms with Gasteiger partial charge in [-0.25, -0.2) is 9.97 Å². The Bertz CT molecular complexity index is 406. The number of anilines is 1. The van der Waals surface area contributed by atoms with Gasteiger partial charge < -0.3 is 10.2 Å². The van der Waals surface area contributed by atoms with Crippen molar-refractivity contribution in [2.45, 2.75) is 13.0 Å². The number of hydrogen-bond acceptors (Lipinski definition) is 5. The topological polar surface area (TPSA) is 81.9 Å². The van der Waals surface area contributed by atoms with Crippen LogP contribution in [0.5, 0.6) is 0 Å². The van der Waals surface area contributed by atoms with Crippen LogP contribution >= 0.6 is 0 Å². The molecule has 0 bridgehead atoms. The van der Waals surface area contributed by atoms with Crippen LogP contribution in [0.25, 0.3) is 0 Å². The lowest BCUT2D eigenvalue weighted by atomic mass is 10.3. The highest BCUT2D eigenvalue weighted by Crippen LogP contribution is 2.03. The molecule has 0 saturated heterocycles. The van der Waals surface area contributed by atoms with Gasteiger partial charge in [0.1, 0.15) is 17.9 Å². The predicted molar refractivity (Wildman–Crippen MR) is 58.5 cm³/mol. The van der Waals surface area contributed by atoms with Gasteiger partial charge in [0.05, 0.1) is 12.4 Å². The van der Waals surface area contributed by atoms with Gasteiger partial charge in [0, 0.05) is 14.1 Å². The fourth-order valence-electron chi connectivity index (χ4n) is 1.13. The second-order valence-corrected chi connectivity index (χ2v) is 3.50. The van der Waals surface area contributed by atoms with Crippen LogP contribution in [-0.4, -0.2) is 40.9 Å². The van der Waals surface area contributed by atoms with Gasteiger partial charge in [-0.05, 0) is 6.92 Å². The highest BCUT2D eigenvalue weighted by Gasteiger charge is 2.14. The molecule has 0 fully saturated rings. The first-order chi connectivity index (χ1) is 7.54. The third kappa shape index (κ3) is 2.92. The molecule has 0 aliphatic heterocycles. The smallest absolute Gasteiger partial charge is 0.244 e. The molecule has 1 aromatic rings.